The van der Waals surface area contributed by atoms with Gasteiger partial charge in [0, 0.05) is 11.4 Å². The second-order valence-corrected chi connectivity index (χ2v) is 7.28. The van der Waals surface area contributed by atoms with Crippen molar-refractivity contribution in [1.29, 1.82) is 0 Å². The van der Waals surface area contributed by atoms with Gasteiger partial charge in [-0.3, -0.25) is 9.20 Å². The number of hydrogen-bond donors (Lipinski definition) is 1. The highest BCUT2D eigenvalue weighted by molar-refractivity contribution is 7.99. The molecule has 0 bridgehead atoms. The average molecular weight is 376 g/mol. The third kappa shape index (κ3) is 3.77. The lowest BCUT2D eigenvalue weighted by molar-refractivity contribution is -0.113. The van der Waals surface area contributed by atoms with Gasteiger partial charge in [0.1, 0.15) is 0 Å². The maximum absolute atomic E-state index is 12.3. The zero-order valence-electron chi connectivity index (χ0n) is 14.4. The molecule has 3 rings (SSSR count). The van der Waals surface area contributed by atoms with Gasteiger partial charge >= 0.3 is 0 Å². The smallest absolute Gasteiger partial charge is 0.256 e. The zero-order valence-corrected chi connectivity index (χ0v) is 16.0. The van der Waals surface area contributed by atoms with Crippen LogP contribution in [0.4, 0.5) is 5.69 Å². The first-order chi connectivity index (χ1) is 11.8. The van der Waals surface area contributed by atoms with Crippen molar-refractivity contribution in [2.75, 3.05) is 11.1 Å². The van der Waals surface area contributed by atoms with Gasteiger partial charge in [0.2, 0.25) is 5.91 Å². The first kappa shape index (κ1) is 17.7. The Bertz CT molecular complexity index is 946. The lowest BCUT2D eigenvalue weighted by atomic mass is 10.1. The van der Waals surface area contributed by atoms with E-state index in [4.69, 9.17) is 11.6 Å². The topological polar surface area (TPSA) is 72.2 Å². The fourth-order valence-corrected chi connectivity index (χ4v) is 3.83. The molecule has 0 radical (unpaired) electrons. The van der Waals surface area contributed by atoms with E-state index in [1.807, 2.05) is 50.3 Å². The van der Waals surface area contributed by atoms with E-state index in [1.54, 1.807) is 0 Å². The molecule has 1 aromatic carbocycles. The summed E-state index contributed by atoms with van der Waals surface area (Å²) in [5, 5.41) is 12.3. The third-order valence-electron chi connectivity index (χ3n) is 3.69. The lowest BCUT2D eigenvalue weighted by Gasteiger charge is -2.11. The fraction of sp³-hybridized carbons (Fsp3) is 0.294. The van der Waals surface area contributed by atoms with Crippen molar-refractivity contribution in [2.45, 2.75) is 32.9 Å². The molecule has 130 valence electrons. The molecular weight excluding hydrogens is 358 g/mol. The van der Waals surface area contributed by atoms with Gasteiger partial charge in [0.15, 0.2) is 5.16 Å². The summed E-state index contributed by atoms with van der Waals surface area (Å²) in [6.45, 7) is 7.76. The number of fused-ring (bicyclic) bond motifs is 1. The summed E-state index contributed by atoms with van der Waals surface area (Å²) in [5.74, 6) is 0.601. The minimum Gasteiger partial charge on any atom is -0.324 e. The van der Waals surface area contributed by atoms with Crippen molar-refractivity contribution in [1.82, 2.24) is 19.6 Å². The van der Waals surface area contributed by atoms with E-state index >= 15 is 0 Å². The monoisotopic (exact) mass is 375 g/mol. The van der Waals surface area contributed by atoms with Crippen LogP contribution < -0.4 is 5.32 Å². The molecule has 1 amide bonds. The number of hydrogen-bond acceptors (Lipinski definition) is 5. The summed E-state index contributed by atoms with van der Waals surface area (Å²) >= 11 is 7.55. The molecule has 0 atom stereocenters. The fourth-order valence-electron chi connectivity index (χ4n) is 2.67. The van der Waals surface area contributed by atoms with Crippen LogP contribution in [-0.4, -0.2) is 31.2 Å². The van der Waals surface area contributed by atoms with Crippen molar-refractivity contribution in [3.05, 3.63) is 45.7 Å². The Kier molecular flexibility index (Phi) is 4.96. The molecule has 0 aliphatic carbocycles. The zero-order chi connectivity index (χ0) is 18.1. The summed E-state index contributed by atoms with van der Waals surface area (Å²) in [5.41, 5.74) is 4.51. The van der Waals surface area contributed by atoms with Gasteiger partial charge < -0.3 is 5.32 Å². The largest absolute Gasteiger partial charge is 0.324 e. The van der Waals surface area contributed by atoms with Crippen LogP contribution in [0.15, 0.2) is 23.4 Å². The van der Waals surface area contributed by atoms with Gasteiger partial charge in [-0.2, -0.15) is 0 Å². The van der Waals surface area contributed by atoms with Crippen LogP contribution in [0.25, 0.3) is 5.78 Å². The van der Waals surface area contributed by atoms with Gasteiger partial charge in [0.05, 0.1) is 16.5 Å². The molecule has 0 spiro atoms. The van der Waals surface area contributed by atoms with E-state index in [1.165, 1.54) is 11.8 Å². The Morgan fingerprint density at radius 3 is 2.68 bits per heavy atom. The van der Waals surface area contributed by atoms with Crippen LogP contribution in [0.2, 0.25) is 5.02 Å². The number of nitrogens with zero attached hydrogens (tertiary/aromatic N) is 4. The number of carbonyl (C=O) groups is 1. The molecule has 0 aliphatic heterocycles. The number of aromatic nitrogens is 4. The van der Waals surface area contributed by atoms with Crippen molar-refractivity contribution in [3.8, 4) is 0 Å². The van der Waals surface area contributed by atoms with E-state index in [0.717, 1.165) is 22.5 Å². The molecule has 8 heteroatoms. The molecule has 2 heterocycles. The number of thioether (sulfide) groups is 1. The number of nitrogens with one attached hydrogen (secondary N) is 1. The van der Waals surface area contributed by atoms with Gasteiger partial charge in [-0.15, -0.1) is 10.2 Å². The molecule has 3 aromatic rings. The minimum absolute atomic E-state index is 0.145. The Morgan fingerprint density at radius 1 is 1.20 bits per heavy atom. The third-order valence-corrected chi connectivity index (χ3v) is 4.92. The summed E-state index contributed by atoms with van der Waals surface area (Å²) in [6, 6.07) is 5.77. The maximum Gasteiger partial charge on any atom is 0.256 e. The van der Waals surface area contributed by atoms with E-state index < -0.39 is 0 Å². The van der Waals surface area contributed by atoms with Crippen molar-refractivity contribution in [2.24, 2.45) is 0 Å². The normalized spacial score (nSPS) is 11.1. The predicted molar refractivity (Wildman–Crippen MR) is 101 cm³/mol. The van der Waals surface area contributed by atoms with Crippen LogP contribution in [0.3, 0.4) is 0 Å². The van der Waals surface area contributed by atoms with Gasteiger partial charge in [-0.1, -0.05) is 29.4 Å². The maximum atomic E-state index is 12.3. The number of benzene rings is 1. The van der Waals surface area contributed by atoms with E-state index in [-0.39, 0.29) is 11.7 Å². The molecule has 0 unspecified atom stereocenters. The number of anilines is 1. The average Bonchev–Trinajstić information content (AvgIpc) is 2.92. The highest BCUT2D eigenvalue weighted by Crippen LogP contribution is 2.28. The number of amides is 1. The van der Waals surface area contributed by atoms with Crippen LogP contribution in [0.1, 0.15) is 22.5 Å². The molecule has 25 heavy (non-hydrogen) atoms. The van der Waals surface area contributed by atoms with Crippen LogP contribution in [-0.2, 0) is 4.79 Å². The molecule has 1 N–H and O–H groups in total. The quantitative estimate of drug-likeness (QED) is 0.703. The second-order valence-electron chi connectivity index (χ2n) is 5.93. The molecule has 6 nitrogen and oxygen atoms in total. The molecular formula is C17H18ClN5OS. The Hall–Kier alpha value is -2.12. The molecule has 0 saturated heterocycles. The van der Waals surface area contributed by atoms with Crippen molar-refractivity contribution >= 4 is 40.7 Å². The predicted octanol–water partition coefficient (Wildman–Crippen LogP) is 3.74. The van der Waals surface area contributed by atoms with E-state index in [0.29, 0.717) is 21.6 Å². The Morgan fingerprint density at radius 2 is 1.96 bits per heavy atom. The van der Waals surface area contributed by atoms with E-state index in [2.05, 4.69) is 20.5 Å². The van der Waals surface area contributed by atoms with Crippen LogP contribution >= 0.6 is 23.4 Å². The van der Waals surface area contributed by atoms with Gasteiger partial charge in [-0.25, -0.2) is 4.98 Å². The molecule has 2 aromatic heterocycles. The van der Waals surface area contributed by atoms with Crippen molar-refractivity contribution in [3.63, 3.8) is 0 Å². The summed E-state index contributed by atoms with van der Waals surface area (Å²) < 4.78 is 1.84. The van der Waals surface area contributed by atoms with Crippen LogP contribution in [0, 0.1) is 27.7 Å². The number of halogens is 1. The van der Waals surface area contributed by atoms with Crippen molar-refractivity contribution < 1.29 is 4.79 Å². The number of aryl methyl sites for hydroxylation is 4. The lowest BCUT2D eigenvalue weighted by Crippen LogP contribution is -2.15. The number of carbonyl (C=O) groups excluding carboxylic acids is 1. The Balaban J connectivity index is 1.73. The summed E-state index contributed by atoms with van der Waals surface area (Å²) in [6.07, 6.45) is 0. The van der Waals surface area contributed by atoms with Gasteiger partial charge in [-0.05, 0) is 51.0 Å². The molecule has 0 aliphatic rings. The molecule has 0 saturated carbocycles. The minimum atomic E-state index is -0.145. The summed E-state index contributed by atoms with van der Waals surface area (Å²) in [7, 11) is 0. The first-order valence-corrected chi connectivity index (χ1v) is 9.10. The molecule has 0 fully saturated rings. The first-order valence-electron chi connectivity index (χ1n) is 7.74. The number of rotatable bonds is 4. The van der Waals surface area contributed by atoms with Crippen LogP contribution in [0.5, 0.6) is 0 Å². The summed E-state index contributed by atoms with van der Waals surface area (Å²) in [4.78, 5) is 16.6. The Labute approximate surface area is 155 Å². The standard InChI is InChI=1S/C17H18ClN5OS/c1-9-5-10(2)15(13(18)6-9)20-14(24)8-25-17-22-21-16-19-11(3)7-12(4)23(16)17/h5-7H,8H2,1-4H3,(H,20,24). The highest BCUT2D eigenvalue weighted by Gasteiger charge is 2.14. The van der Waals surface area contributed by atoms with Gasteiger partial charge in [0.25, 0.3) is 5.78 Å². The second kappa shape index (κ2) is 7.01. The highest BCUT2D eigenvalue weighted by atomic mass is 35.5. The SMILES string of the molecule is Cc1cc(C)c(NC(=O)CSc2nnc3nc(C)cc(C)n23)c(Cl)c1. The van der Waals surface area contributed by atoms with E-state index in [9.17, 15) is 4.79 Å².